The quantitative estimate of drug-likeness (QED) is 0.596. The van der Waals surface area contributed by atoms with Crippen molar-refractivity contribution < 1.29 is 14.6 Å². The molecular weight excluding hydrogens is 242 g/mol. The first-order valence-electron chi connectivity index (χ1n) is 7.67. The standard InChI is InChI=1S/C15H31NO3/c1-12(2)5-4-7-18-11-15(17)10-16-9-14-6-8-19-13(14)3/h12-17H,4-11H2,1-3H3. The highest BCUT2D eigenvalue weighted by atomic mass is 16.5. The minimum absolute atomic E-state index is 0.344. The first-order chi connectivity index (χ1) is 9.09. The molecule has 4 heteroatoms. The van der Waals surface area contributed by atoms with Crippen LogP contribution in [0, 0.1) is 11.8 Å². The Balaban J connectivity index is 1.91. The summed E-state index contributed by atoms with van der Waals surface area (Å²) in [4.78, 5) is 0. The van der Waals surface area contributed by atoms with Crippen LogP contribution in [0.4, 0.5) is 0 Å². The van der Waals surface area contributed by atoms with Gasteiger partial charge in [-0.05, 0) is 38.0 Å². The van der Waals surface area contributed by atoms with Crippen molar-refractivity contribution in [3.05, 3.63) is 0 Å². The molecule has 0 aliphatic carbocycles. The van der Waals surface area contributed by atoms with Crippen molar-refractivity contribution in [2.24, 2.45) is 11.8 Å². The Morgan fingerprint density at radius 2 is 2.21 bits per heavy atom. The Morgan fingerprint density at radius 1 is 1.42 bits per heavy atom. The van der Waals surface area contributed by atoms with E-state index in [0.717, 1.165) is 38.5 Å². The molecule has 0 bridgehead atoms. The van der Waals surface area contributed by atoms with Gasteiger partial charge in [0.15, 0.2) is 0 Å². The van der Waals surface area contributed by atoms with Gasteiger partial charge in [-0.25, -0.2) is 0 Å². The Kier molecular flexibility index (Phi) is 8.62. The molecule has 0 aromatic rings. The molecule has 4 nitrogen and oxygen atoms in total. The molecule has 1 saturated heterocycles. The Bertz CT molecular complexity index is 223. The fourth-order valence-electron chi connectivity index (χ4n) is 2.35. The second-order valence-corrected chi connectivity index (χ2v) is 6.05. The summed E-state index contributed by atoms with van der Waals surface area (Å²) in [5.41, 5.74) is 0. The lowest BCUT2D eigenvalue weighted by Crippen LogP contribution is -2.35. The van der Waals surface area contributed by atoms with E-state index in [2.05, 4.69) is 26.1 Å². The van der Waals surface area contributed by atoms with Gasteiger partial charge in [0, 0.05) is 26.3 Å². The van der Waals surface area contributed by atoms with Gasteiger partial charge in [0.05, 0.1) is 18.8 Å². The molecule has 0 saturated carbocycles. The lowest BCUT2D eigenvalue weighted by molar-refractivity contribution is 0.0337. The summed E-state index contributed by atoms with van der Waals surface area (Å²) in [6, 6.07) is 0. The number of aliphatic hydroxyl groups excluding tert-OH is 1. The summed E-state index contributed by atoms with van der Waals surface area (Å²) in [5.74, 6) is 1.31. The van der Waals surface area contributed by atoms with Crippen LogP contribution >= 0.6 is 0 Å². The molecule has 19 heavy (non-hydrogen) atoms. The van der Waals surface area contributed by atoms with E-state index >= 15 is 0 Å². The lowest BCUT2D eigenvalue weighted by Gasteiger charge is -2.17. The van der Waals surface area contributed by atoms with E-state index in [1.165, 1.54) is 6.42 Å². The summed E-state index contributed by atoms with van der Waals surface area (Å²) in [7, 11) is 0. The van der Waals surface area contributed by atoms with Crippen molar-refractivity contribution in [2.75, 3.05) is 32.9 Å². The van der Waals surface area contributed by atoms with Gasteiger partial charge in [-0.15, -0.1) is 0 Å². The molecule has 114 valence electrons. The molecule has 3 unspecified atom stereocenters. The molecule has 0 spiro atoms. The van der Waals surface area contributed by atoms with Gasteiger partial charge < -0.3 is 19.9 Å². The molecule has 0 aromatic heterocycles. The van der Waals surface area contributed by atoms with E-state index in [1.54, 1.807) is 0 Å². The zero-order chi connectivity index (χ0) is 14.1. The molecule has 0 aromatic carbocycles. The number of ether oxygens (including phenoxy) is 2. The smallest absolute Gasteiger partial charge is 0.0897 e. The minimum atomic E-state index is -0.406. The number of hydrogen-bond acceptors (Lipinski definition) is 4. The monoisotopic (exact) mass is 273 g/mol. The molecule has 1 aliphatic heterocycles. The van der Waals surface area contributed by atoms with E-state index in [1.807, 2.05) is 0 Å². The first kappa shape index (κ1) is 16.9. The molecule has 1 fully saturated rings. The number of hydrogen-bond donors (Lipinski definition) is 2. The minimum Gasteiger partial charge on any atom is -0.389 e. The summed E-state index contributed by atoms with van der Waals surface area (Å²) in [6.45, 7) is 10.1. The predicted molar refractivity (Wildman–Crippen MR) is 77.3 cm³/mol. The Morgan fingerprint density at radius 3 is 2.84 bits per heavy atom. The third-order valence-electron chi connectivity index (χ3n) is 3.70. The fourth-order valence-corrected chi connectivity index (χ4v) is 2.35. The van der Waals surface area contributed by atoms with Crippen molar-refractivity contribution in [1.82, 2.24) is 5.32 Å². The molecule has 0 radical (unpaired) electrons. The summed E-state index contributed by atoms with van der Waals surface area (Å²) in [6.07, 6.45) is 3.33. The molecule has 2 N–H and O–H groups in total. The van der Waals surface area contributed by atoms with Gasteiger partial charge in [-0.1, -0.05) is 13.8 Å². The van der Waals surface area contributed by atoms with Gasteiger partial charge in [0.25, 0.3) is 0 Å². The highest BCUT2D eigenvalue weighted by Crippen LogP contribution is 2.19. The van der Waals surface area contributed by atoms with Crippen molar-refractivity contribution >= 4 is 0 Å². The van der Waals surface area contributed by atoms with Crippen LogP contribution in [0.2, 0.25) is 0 Å². The highest BCUT2D eigenvalue weighted by Gasteiger charge is 2.23. The summed E-state index contributed by atoms with van der Waals surface area (Å²) >= 11 is 0. The van der Waals surface area contributed by atoms with Gasteiger partial charge in [-0.2, -0.15) is 0 Å². The average Bonchev–Trinajstić information content (AvgIpc) is 2.74. The second kappa shape index (κ2) is 9.70. The molecule has 0 amide bonds. The summed E-state index contributed by atoms with van der Waals surface area (Å²) in [5, 5.41) is 13.1. The number of rotatable bonds is 10. The zero-order valence-corrected chi connectivity index (χ0v) is 12.7. The van der Waals surface area contributed by atoms with E-state index < -0.39 is 6.10 Å². The SMILES string of the molecule is CC(C)CCCOCC(O)CNCC1CCOC1C. The van der Waals surface area contributed by atoms with Gasteiger partial charge in [0.1, 0.15) is 0 Å². The van der Waals surface area contributed by atoms with Crippen molar-refractivity contribution in [1.29, 1.82) is 0 Å². The van der Waals surface area contributed by atoms with E-state index in [0.29, 0.717) is 25.2 Å². The molecule has 1 aliphatic rings. The van der Waals surface area contributed by atoms with E-state index in [4.69, 9.17) is 9.47 Å². The zero-order valence-electron chi connectivity index (χ0n) is 12.7. The van der Waals surface area contributed by atoms with E-state index in [-0.39, 0.29) is 0 Å². The van der Waals surface area contributed by atoms with Crippen LogP contribution in [-0.4, -0.2) is 50.2 Å². The van der Waals surface area contributed by atoms with Crippen molar-refractivity contribution in [3.63, 3.8) is 0 Å². The molecule has 1 rings (SSSR count). The predicted octanol–water partition coefficient (Wildman–Crippen LogP) is 1.81. The topological polar surface area (TPSA) is 50.7 Å². The molecule has 1 heterocycles. The van der Waals surface area contributed by atoms with E-state index in [9.17, 15) is 5.11 Å². The normalized spacial score (nSPS) is 25.1. The third kappa shape index (κ3) is 7.88. The molecular formula is C15H31NO3. The number of nitrogens with one attached hydrogen (secondary N) is 1. The average molecular weight is 273 g/mol. The highest BCUT2D eigenvalue weighted by molar-refractivity contribution is 4.75. The van der Waals surface area contributed by atoms with Crippen LogP contribution in [0.15, 0.2) is 0 Å². The Hall–Kier alpha value is -0.160. The van der Waals surface area contributed by atoms with Gasteiger partial charge in [-0.3, -0.25) is 0 Å². The van der Waals surface area contributed by atoms with Gasteiger partial charge >= 0.3 is 0 Å². The molecule has 3 atom stereocenters. The first-order valence-corrected chi connectivity index (χ1v) is 7.67. The maximum atomic E-state index is 9.78. The van der Waals surface area contributed by atoms with Crippen LogP contribution in [0.5, 0.6) is 0 Å². The second-order valence-electron chi connectivity index (χ2n) is 6.05. The van der Waals surface area contributed by atoms with Crippen LogP contribution in [0.3, 0.4) is 0 Å². The maximum Gasteiger partial charge on any atom is 0.0897 e. The van der Waals surface area contributed by atoms with Crippen LogP contribution in [-0.2, 0) is 9.47 Å². The van der Waals surface area contributed by atoms with Crippen molar-refractivity contribution in [3.8, 4) is 0 Å². The van der Waals surface area contributed by atoms with Crippen LogP contribution < -0.4 is 5.32 Å². The lowest BCUT2D eigenvalue weighted by atomic mass is 10.0. The van der Waals surface area contributed by atoms with Gasteiger partial charge in [0.2, 0.25) is 0 Å². The third-order valence-corrected chi connectivity index (χ3v) is 3.70. The van der Waals surface area contributed by atoms with Crippen LogP contribution in [0.25, 0.3) is 0 Å². The maximum absolute atomic E-state index is 9.78. The fraction of sp³-hybridized carbons (Fsp3) is 1.00. The van der Waals surface area contributed by atoms with Crippen LogP contribution in [0.1, 0.15) is 40.0 Å². The Labute approximate surface area is 117 Å². The number of aliphatic hydroxyl groups is 1. The van der Waals surface area contributed by atoms with Crippen molar-refractivity contribution in [2.45, 2.75) is 52.2 Å². The largest absolute Gasteiger partial charge is 0.389 e. The summed E-state index contributed by atoms with van der Waals surface area (Å²) < 4.78 is 11.0.